The van der Waals surface area contributed by atoms with Crippen LogP contribution in [0, 0.1) is 0 Å². The van der Waals surface area contributed by atoms with Crippen molar-refractivity contribution in [3.63, 3.8) is 0 Å². The van der Waals surface area contributed by atoms with Gasteiger partial charge < -0.3 is 19.6 Å². The summed E-state index contributed by atoms with van der Waals surface area (Å²) in [7, 11) is 1.55. The summed E-state index contributed by atoms with van der Waals surface area (Å²) in [6.45, 7) is 4.31. The Hall–Kier alpha value is -3.09. The molecule has 0 spiro atoms. The number of H-pyrrole nitrogens is 1. The predicted molar refractivity (Wildman–Crippen MR) is 93.8 cm³/mol. The Balaban J connectivity index is 1.67. The maximum atomic E-state index is 12.8. The lowest BCUT2D eigenvalue weighted by Crippen LogP contribution is -2.33. The van der Waals surface area contributed by atoms with Crippen molar-refractivity contribution in [2.45, 2.75) is 25.8 Å². The Morgan fingerprint density at radius 1 is 1.36 bits per heavy atom. The Morgan fingerprint density at radius 3 is 2.92 bits per heavy atom. The van der Waals surface area contributed by atoms with Crippen LogP contribution in [0.3, 0.4) is 0 Å². The molecule has 128 valence electrons. The maximum absolute atomic E-state index is 12.8. The molecule has 25 heavy (non-hydrogen) atoms. The van der Waals surface area contributed by atoms with Crippen molar-refractivity contribution in [2.24, 2.45) is 0 Å². The quantitative estimate of drug-likeness (QED) is 0.769. The average Bonchev–Trinajstić information content (AvgIpc) is 3.22. The summed E-state index contributed by atoms with van der Waals surface area (Å²) in [6, 6.07) is 3.46. The molecule has 0 aliphatic carbocycles. The zero-order chi connectivity index (χ0) is 17.6. The first-order valence-corrected chi connectivity index (χ1v) is 8.05. The maximum Gasteiger partial charge on any atom is 0.258 e. The van der Waals surface area contributed by atoms with Gasteiger partial charge in [-0.15, -0.1) is 0 Å². The number of nitrogens with zero attached hydrogens (tertiary/aromatic N) is 3. The summed E-state index contributed by atoms with van der Waals surface area (Å²) < 4.78 is 7.15. The van der Waals surface area contributed by atoms with Gasteiger partial charge in [0.25, 0.3) is 5.91 Å². The van der Waals surface area contributed by atoms with Crippen LogP contribution in [0.25, 0.3) is 11.4 Å². The van der Waals surface area contributed by atoms with Crippen LogP contribution in [0.5, 0.6) is 5.88 Å². The Morgan fingerprint density at radius 2 is 2.20 bits per heavy atom. The molecule has 7 nitrogen and oxygen atoms in total. The number of hydrogen-bond donors (Lipinski definition) is 2. The number of imidazole rings is 1. The highest BCUT2D eigenvalue weighted by Gasteiger charge is 2.34. The van der Waals surface area contributed by atoms with Crippen molar-refractivity contribution >= 4 is 11.6 Å². The molecule has 0 radical (unpaired) electrons. The van der Waals surface area contributed by atoms with Crippen molar-refractivity contribution in [1.29, 1.82) is 0 Å². The molecule has 0 aromatic carbocycles. The van der Waals surface area contributed by atoms with Crippen molar-refractivity contribution in [1.82, 2.24) is 19.5 Å². The SMILES string of the molecule is COc1ccc(NC(=O)c2c[nH]c3c2-c2nccn2C(C)(C)C3)cn1. The van der Waals surface area contributed by atoms with E-state index in [4.69, 9.17) is 4.74 Å². The third-order valence-electron chi connectivity index (χ3n) is 4.54. The number of pyridine rings is 1. The number of aromatic nitrogens is 4. The van der Waals surface area contributed by atoms with E-state index in [1.807, 2.05) is 6.20 Å². The Labute approximate surface area is 145 Å². The third-order valence-corrected chi connectivity index (χ3v) is 4.54. The highest BCUT2D eigenvalue weighted by molar-refractivity contribution is 6.08. The number of hydrogen-bond acceptors (Lipinski definition) is 4. The third kappa shape index (κ3) is 2.48. The van der Waals surface area contributed by atoms with Crippen LogP contribution in [-0.4, -0.2) is 32.5 Å². The van der Waals surface area contributed by atoms with Gasteiger partial charge in [-0.1, -0.05) is 0 Å². The number of aromatic amines is 1. The fourth-order valence-electron chi connectivity index (χ4n) is 3.31. The molecule has 1 aliphatic heterocycles. The van der Waals surface area contributed by atoms with E-state index in [0.717, 1.165) is 23.5 Å². The molecular weight excluding hydrogens is 318 g/mol. The monoisotopic (exact) mass is 337 g/mol. The van der Waals surface area contributed by atoms with Crippen LogP contribution in [-0.2, 0) is 12.0 Å². The fraction of sp³-hybridized carbons (Fsp3) is 0.278. The van der Waals surface area contributed by atoms with E-state index >= 15 is 0 Å². The van der Waals surface area contributed by atoms with E-state index in [1.165, 1.54) is 0 Å². The molecule has 7 heteroatoms. The lowest BCUT2D eigenvalue weighted by atomic mass is 9.90. The molecule has 0 saturated carbocycles. The fourth-order valence-corrected chi connectivity index (χ4v) is 3.31. The van der Waals surface area contributed by atoms with Gasteiger partial charge in [0.15, 0.2) is 0 Å². The second kappa shape index (κ2) is 5.47. The molecule has 0 saturated heterocycles. The standard InChI is InChI=1S/C18H19N5O2/c1-18(2)8-13-15(16-19-6-7-23(16)18)12(10-20-13)17(24)22-11-4-5-14(25-3)21-9-11/h4-7,9-10,20H,8H2,1-3H3,(H,22,24). The van der Waals surface area contributed by atoms with Crippen LogP contribution >= 0.6 is 0 Å². The molecule has 0 atom stereocenters. The van der Waals surface area contributed by atoms with Gasteiger partial charge in [0.05, 0.1) is 30.1 Å². The molecule has 0 unspecified atom stereocenters. The normalized spacial score (nSPS) is 14.5. The van der Waals surface area contributed by atoms with Crippen LogP contribution in [0.4, 0.5) is 5.69 Å². The van der Waals surface area contributed by atoms with Crippen molar-refractivity contribution in [3.05, 3.63) is 48.2 Å². The minimum Gasteiger partial charge on any atom is -0.481 e. The van der Waals surface area contributed by atoms with E-state index in [0.29, 0.717) is 17.1 Å². The molecule has 3 aromatic rings. The number of carbonyl (C=O) groups is 1. The van der Waals surface area contributed by atoms with Gasteiger partial charge >= 0.3 is 0 Å². The van der Waals surface area contributed by atoms with Crippen LogP contribution in [0.1, 0.15) is 29.9 Å². The summed E-state index contributed by atoms with van der Waals surface area (Å²) in [5.41, 5.74) is 3.00. The number of nitrogens with one attached hydrogen (secondary N) is 2. The predicted octanol–water partition coefficient (Wildman–Crippen LogP) is 2.83. The molecule has 3 aromatic heterocycles. The first kappa shape index (κ1) is 15.4. The molecule has 1 aliphatic rings. The van der Waals surface area contributed by atoms with Gasteiger partial charge in [-0.3, -0.25) is 4.79 Å². The highest BCUT2D eigenvalue weighted by Crippen LogP contribution is 2.38. The van der Waals surface area contributed by atoms with Gasteiger partial charge in [-0.05, 0) is 19.9 Å². The summed E-state index contributed by atoms with van der Waals surface area (Å²) in [5, 5.41) is 2.88. The highest BCUT2D eigenvalue weighted by atomic mass is 16.5. The Kier molecular flexibility index (Phi) is 3.38. The second-order valence-corrected chi connectivity index (χ2v) is 6.71. The first-order valence-electron chi connectivity index (χ1n) is 8.05. The molecule has 2 N–H and O–H groups in total. The van der Waals surface area contributed by atoms with E-state index < -0.39 is 0 Å². The van der Waals surface area contributed by atoms with Gasteiger partial charge in [-0.25, -0.2) is 9.97 Å². The van der Waals surface area contributed by atoms with Gasteiger partial charge in [0.1, 0.15) is 5.82 Å². The summed E-state index contributed by atoms with van der Waals surface area (Å²) in [5.74, 6) is 1.12. The minimum atomic E-state index is -0.196. The number of methoxy groups -OCH3 is 1. The lowest BCUT2D eigenvalue weighted by Gasteiger charge is -2.32. The molecule has 4 rings (SSSR count). The van der Waals surface area contributed by atoms with Gasteiger partial charge in [-0.2, -0.15) is 0 Å². The zero-order valence-corrected chi connectivity index (χ0v) is 14.3. The number of ether oxygens (including phenoxy) is 1. The number of carbonyl (C=O) groups excluding carboxylic acids is 1. The van der Waals surface area contributed by atoms with Crippen molar-refractivity contribution in [2.75, 3.05) is 12.4 Å². The topological polar surface area (TPSA) is 84.8 Å². The minimum absolute atomic E-state index is 0.0860. The van der Waals surface area contributed by atoms with Crippen molar-refractivity contribution < 1.29 is 9.53 Å². The van der Waals surface area contributed by atoms with E-state index in [-0.39, 0.29) is 11.4 Å². The smallest absolute Gasteiger partial charge is 0.258 e. The van der Waals surface area contributed by atoms with E-state index in [9.17, 15) is 4.79 Å². The molecule has 0 bridgehead atoms. The molecule has 4 heterocycles. The molecular formula is C18H19N5O2. The van der Waals surface area contributed by atoms with Crippen LogP contribution in [0.2, 0.25) is 0 Å². The van der Waals surface area contributed by atoms with E-state index in [1.54, 1.807) is 37.8 Å². The molecule has 1 amide bonds. The van der Waals surface area contributed by atoms with Gasteiger partial charge in [0.2, 0.25) is 5.88 Å². The largest absolute Gasteiger partial charge is 0.481 e. The average molecular weight is 337 g/mol. The van der Waals surface area contributed by atoms with Crippen LogP contribution in [0.15, 0.2) is 36.9 Å². The Bertz CT molecular complexity index is 937. The number of amides is 1. The zero-order valence-electron chi connectivity index (χ0n) is 14.3. The second-order valence-electron chi connectivity index (χ2n) is 6.71. The number of fused-ring (bicyclic) bond motifs is 3. The lowest BCUT2D eigenvalue weighted by molar-refractivity contribution is 0.102. The summed E-state index contributed by atoms with van der Waals surface area (Å²) in [4.78, 5) is 24.6. The van der Waals surface area contributed by atoms with Crippen molar-refractivity contribution in [3.8, 4) is 17.3 Å². The first-order chi connectivity index (χ1) is 12.0. The van der Waals surface area contributed by atoms with Gasteiger partial charge in [0, 0.05) is 42.3 Å². The van der Waals surface area contributed by atoms with Crippen LogP contribution < -0.4 is 10.1 Å². The summed E-state index contributed by atoms with van der Waals surface area (Å²) in [6.07, 6.45) is 7.86. The number of rotatable bonds is 3. The van der Waals surface area contributed by atoms with E-state index in [2.05, 4.69) is 38.7 Å². The summed E-state index contributed by atoms with van der Waals surface area (Å²) >= 11 is 0. The molecule has 0 fully saturated rings. The number of anilines is 1.